The zero-order chi connectivity index (χ0) is 23.4. The van der Waals surface area contributed by atoms with E-state index in [-0.39, 0.29) is 17.4 Å². The Morgan fingerprint density at radius 3 is 2.79 bits per heavy atom. The van der Waals surface area contributed by atoms with Gasteiger partial charge in [0, 0.05) is 6.20 Å². The Balaban J connectivity index is 1.42. The van der Waals surface area contributed by atoms with Crippen molar-refractivity contribution in [2.45, 2.75) is 31.6 Å². The van der Waals surface area contributed by atoms with Crippen molar-refractivity contribution in [1.82, 2.24) is 25.3 Å². The molecule has 0 atom stereocenters. The van der Waals surface area contributed by atoms with Gasteiger partial charge < -0.3 is 15.0 Å². The number of amides is 1. The van der Waals surface area contributed by atoms with Crippen LogP contribution in [0.25, 0.3) is 11.4 Å². The molecular weight excluding hydrogens is 448 g/mol. The van der Waals surface area contributed by atoms with Gasteiger partial charge in [-0.2, -0.15) is 0 Å². The Hall–Kier alpha value is -3.80. The third-order valence-corrected chi connectivity index (χ3v) is 6.67. The molecule has 3 N–H and O–H groups in total. The molecule has 1 fully saturated rings. The monoisotopic (exact) mass is 470 g/mol. The summed E-state index contributed by atoms with van der Waals surface area (Å²) in [6.45, 7) is 2.26. The van der Waals surface area contributed by atoms with Gasteiger partial charge in [0.1, 0.15) is 11.3 Å². The van der Waals surface area contributed by atoms with E-state index in [0.717, 1.165) is 0 Å². The number of H-pyrrole nitrogens is 1. The summed E-state index contributed by atoms with van der Waals surface area (Å²) in [5, 5.41) is 2.27. The summed E-state index contributed by atoms with van der Waals surface area (Å²) >= 11 is 0. The number of sulfonamides is 1. The van der Waals surface area contributed by atoms with Gasteiger partial charge in [-0.05, 0) is 44.0 Å². The van der Waals surface area contributed by atoms with Crippen molar-refractivity contribution in [3.63, 3.8) is 0 Å². The average molecular weight is 471 g/mol. The van der Waals surface area contributed by atoms with Gasteiger partial charge in [0.05, 0.1) is 47.9 Å². The maximum Gasteiger partial charge on any atom is 0.261 e. The van der Waals surface area contributed by atoms with Crippen molar-refractivity contribution in [2.75, 3.05) is 11.3 Å². The van der Waals surface area contributed by atoms with E-state index in [1.54, 1.807) is 6.07 Å². The fraction of sp³-hybridized carbons (Fsp3) is 0.286. The molecule has 3 heterocycles. The molecule has 1 amide bonds. The first-order chi connectivity index (χ1) is 15.9. The number of carbonyl (C=O) groups excluding carboxylic acids is 1. The van der Waals surface area contributed by atoms with Crippen LogP contribution in [-0.4, -0.2) is 46.1 Å². The number of carbonyl (C=O) groups is 1. The molecule has 0 radical (unpaired) electrons. The van der Waals surface area contributed by atoms with E-state index >= 15 is 0 Å². The second-order valence-electron chi connectivity index (χ2n) is 7.36. The molecule has 172 valence electrons. The first kappa shape index (κ1) is 22.4. The molecule has 3 aromatic heterocycles. The largest absolute Gasteiger partial charge is 0.477 e. The van der Waals surface area contributed by atoms with Crippen molar-refractivity contribution >= 4 is 21.6 Å². The van der Waals surface area contributed by atoms with Gasteiger partial charge in [-0.1, -0.05) is 0 Å². The number of ether oxygens (including phenoxy) is 1. The van der Waals surface area contributed by atoms with Gasteiger partial charge in [-0.15, -0.1) is 0 Å². The zero-order valence-electron chi connectivity index (χ0n) is 17.7. The minimum Gasteiger partial charge on any atom is -0.477 e. The highest BCUT2D eigenvalue weighted by Crippen LogP contribution is 2.29. The molecule has 11 nitrogen and oxygen atoms in total. The van der Waals surface area contributed by atoms with Crippen molar-refractivity contribution < 1.29 is 17.9 Å². The second kappa shape index (κ2) is 9.36. The van der Waals surface area contributed by atoms with Gasteiger partial charge in [0.15, 0.2) is 0 Å². The molecule has 0 aliphatic heterocycles. The van der Waals surface area contributed by atoms with Gasteiger partial charge >= 0.3 is 0 Å². The molecular formula is C21H22N6O5S. The van der Waals surface area contributed by atoms with Crippen LogP contribution in [0.5, 0.6) is 5.88 Å². The molecule has 0 saturated heterocycles. The standard InChI is InChI=1S/C21H22N6O5S/c1-2-32-19-12-22-11-18(25-19)17-6-5-16(21(29)26-17)20(28)24-10-14-9-13(7-8-23-14)27-33(30,31)15-3-4-15/h5-9,11-12,15H,2-4,10H2,1H3,(H,23,27)(H,24,28)(H,26,29). The van der Waals surface area contributed by atoms with Crippen LogP contribution in [0.4, 0.5) is 5.69 Å². The quantitative estimate of drug-likeness (QED) is 0.424. The van der Waals surface area contributed by atoms with Gasteiger partial charge in [0.25, 0.3) is 11.5 Å². The lowest BCUT2D eigenvalue weighted by molar-refractivity contribution is 0.0949. The van der Waals surface area contributed by atoms with E-state index in [4.69, 9.17) is 4.74 Å². The van der Waals surface area contributed by atoms with E-state index in [1.165, 1.54) is 36.8 Å². The van der Waals surface area contributed by atoms with Crippen LogP contribution in [-0.2, 0) is 16.6 Å². The van der Waals surface area contributed by atoms with Crippen molar-refractivity contribution in [2.24, 2.45) is 0 Å². The van der Waals surface area contributed by atoms with Crippen LogP contribution in [0, 0.1) is 0 Å². The Bertz CT molecular complexity index is 1340. The number of nitrogens with one attached hydrogen (secondary N) is 3. The van der Waals surface area contributed by atoms with E-state index in [0.29, 0.717) is 48.1 Å². The Labute approximate surface area is 189 Å². The lowest BCUT2D eigenvalue weighted by Crippen LogP contribution is -2.29. The highest BCUT2D eigenvalue weighted by molar-refractivity contribution is 7.93. The Kier molecular flexibility index (Phi) is 6.36. The van der Waals surface area contributed by atoms with E-state index in [9.17, 15) is 18.0 Å². The lowest BCUT2D eigenvalue weighted by atomic mass is 10.2. The molecule has 0 spiro atoms. The van der Waals surface area contributed by atoms with Crippen molar-refractivity contribution in [3.05, 3.63) is 64.5 Å². The molecule has 0 bridgehead atoms. The number of pyridine rings is 2. The number of rotatable bonds is 9. The summed E-state index contributed by atoms with van der Waals surface area (Å²) in [5.41, 5.74) is 0.933. The molecule has 4 rings (SSSR count). The fourth-order valence-corrected chi connectivity index (χ4v) is 4.41. The van der Waals surface area contributed by atoms with Crippen LogP contribution in [0.15, 0.2) is 47.7 Å². The van der Waals surface area contributed by atoms with Crippen LogP contribution >= 0.6 is 0 Å². The maximum atomic E-state index is 12.5. The molecule has 1 aliphatic rings. The smallest absolute Gasteiger partial charge is 0.261 e. The Morgan fingerprint density at radius 1 is 1.24 bits per heavy atom. The summed E-state index contributed by atoms with van der Waals surface area (Å²) in [6.07, 6.45) is 5.70. The predicted octanol–water partition coefficient (Wildman–Crippen LogP) is 1.46. The number of nitrogens with zero attached hydrogens (tertiary/aromatic N) is 3. The first-order valence-electron chi connectivity index (χ1n) is 10.3. The lowest BCUT2D eigenvalue weighted by Gasteiger charge is -2.09. The molecule has 33 heavy (non-hydrogen) atoms. The topological polar surface area (TPSA) is 156 Å². The van der Waals surface area contributed by atoms with Crippen LogP contribution < -0.4 is 20.3 Å². The Morgan fingerprint density at radius 2 is 2.06 bits per heavy atom. The highest BCUT2D eigenvalue weighted by atomic mass is 32.2. The fourth-order valence-electron chi connectivity index (χ4n) is 3.03. The van der Waals surface area contributed by atoms with Crippen molar-refractivity contribution in [3.8, 4) is 17.3 Å². The number of hydrogen-bond donors (Lipinski definition) is 3. The third-order valence-electron chi connectivity index (χ3n) is 4.80. The van der Waals surface area contributed by atoms with Crippen LogP contribution in [0.1, 0.15) is 35.8 Å². The van der Waals surface area contributed by atoms with E-state index in [2.05, 4.69) is 30.0 Å². The minimum absolute atomic E-state index is 0.0148. The van der Waals surface area contributed by atoms with E-state index < -0.39 is 21.5 Å². The molecule has 1 aliphatic carbocycles. The number of hydrogen-bond acceptors (Lipinski definition) is 8. The molecule has 1 saturated carbocycles. The zero-order valence-corrected chi connectivity index (χ0v) is 18.6. The summed E-state index contributed by atoms with van der Waals surface area (Å²) < 4.78 is 32.0. The number of aromatic nitrogens is 4. The van der Waals surface area contributed by atoms with Gasteiger partial charge in [-0.3, -0.25) is 24.3 Å². The average Bonchev–Trinajstić information content (AvgIpc) is 3.64. The maximum absolute atomic E-state index is 12.5. The summed E-state index contributed by atoms with van der Waals surface area (Å²) in [7, 11) is -3.40. The molecule has 0 unspecified atom stereocenters. The number of anilines is 1. The third kappa shape index (κ3) is 5.52. The summed E-state index contributed by atoms with van der Waals surface area (Å²) in [4.78, 5) is 40.0. The summed E-state index contributed by atoms with van der Waals surface area (Å²) in [5.74, 6) is -0.269. The SMILES string of the molecule is CCOc1cncc(-c2ccc(C(=O)NCc3cc(NS(=O)(=O)C4CC4)ccn3)c(=O)[nH]2)n1. The first-order valence-corrected chi connectivity index (χ1v) is 11.8. The van der Waals surface area contributed by atoms with Gasteiger partial charge in [0.2, 0.25) is 15.9 Å². The van der Waals surface area contributed by atoms with Crippen LogP contribution in [0.3, 0.4) is 0 Å². The van der Waals surface area contributed by atoms with Crippen molar-refractivity contribution in [1.29, 1.82) is 0 Å². The minimum atomic E-state index is -3.40. The highest BCUT2D eigenvalue weighted by Gasteiger charge is 2.35. The molecule has 12 heteroatoms. The summed E-state index contributed by atoms with van der Waals surface area (Å²) in [6, 6.07) is 6.03. The molecule has 3 aromatic rings. The normalized spacial score (nSPS) is 13.4. The second-order valence-corrected chi connectivity index (χ2v) is 9.32. The number of aromatic amines is 1. The van der Waals surface area contributed by atoms with E-state index in [1.807, 2.05) is 6.92 Å². The molecule has 0 aromatic carbocycles. The van der Waals surface area contributed by atoms with Gasteiger partial charge in [-0.25, -0.2) is 13.4 Å². The van der Waals surface area contributed by atoms with Crippen LogP contribution in [0.2, 0.25) is 0 Å². The predicted molar refractivity (Wildman–Crippen MR) is 120 cm³/mol.